The Morgan fingerprint density at radius 3 is 2.42 bits per heavy atom. The van der Waals surface area contributed by atoms with Crippen molar-refractivity contribution in [3.05, 3.63) is 59.1 Å². The molecule has 0 bridgehead atoms. The molecule has 0 unspecified atom stereocenters. The number of carbonyl (C=O) groups excluding carboxylic acids is 1. The van der Waals surface area contributed by atoms with E-state index in [1.165, 1.54) is 5.56 Å². The Bertz CT molecular complexity index is 717. The van der Waals surface area contributed by atoms with Crippen LogP contribution in [0.1, 0.15) is 5.56 Å². The topological polar surface area (TPSA) is 58.8 Å². The van der Waals surface area contributed by atoms with Crippen LogP contribution in [0.15, 0.2) is 48.5 Å². The number of hydrogen-bond acceptors (Lipinski definition) is 4. The predicted octanol–water partition coefficient (Wildman–Crippen LogP) is 3.07. The van der Waals surface area contributed by atoms with E-state index in [-0.39, 0.29) is 24.9 Å². The van der Waals surface area contributed by atoms with Gasteiger partial charge in [-0.1, -0.05) is 23.7 Å². The molecule has 1 amide bonds. The molecule has 0 saturated carbocycles. The predicted molar refractivity (Wildman–Crippen MR) is 107 cm³/mol. The van der Waals surface area contributed by atoms with Crippen LogP contribution in [0.2, 0.25) is 5.02 Å². The molecule has 1 saturated heterocycles. The van der Waals surface area contributed by atoms with E-state index >= 15 is 0 Å². The SMILES string of the molecule is Cl.Nc1cccc(CN2CCN(C(=O)COc3ccc(Cl)cc3)CC2)c1. The van der Waals surface area contributed by atoms with Gasteiger partial charge in [-0.2, -0.15) is 0 Å². The van der Waals surface area contributed by atoms with Gasteiger partial charge in [0.2, 0.25) is 0 Å². The third-order valence-corrected chi connectivity index (χ3v) is 4.51. The molecule has 140 valence electrons. The largest absolute Gasteiger partial charge is 0.484 e. The van der Waals surface area contributed by atoms with Gasteiger partial charge in [0, 0.05) is 43.4 Å². The third kappa shape index (κ3) is 5.80. The number of anilines is 1. The smallest absolute Gasteiger partial charge is 0.260 e. The summed E-state index contributed by atoms with van der Waals surface area (Å²) in [5, 5.41) is 0.648. The van der Waals surface area contributed by atoms with Crippen molar-refractivity contribution in [2.24, 2.45) is 0 Å². The summed E-state index contributed by atoms with van der Waals surface area (Å²) < 4.78 is 5.53. The Labute approximate surface area is 165 Å². The fourth-order valence-electron chi connectivity index (χ4n) is 2.87. The second-order valence-corrected chi connectivity index (χ2v) is 6.58. The molecule has 1 fully saturated rings. The average molecular weight is 396 g/mol. The normalized spacial score (nSPS) is 14.6. The van der Waals surface area contributed by atoms with Crippen molar-refractivity contribution >= 4 is 35.6 Å². The first-order valence-electron chi connectivity index (χ1n) is 8.33. The highest BCUT2D eigenvalue weighted by Gasteiger charge is 2.21. The van der Waals surface area contributed by atoms with Crippen LogP contribution in [-0.4, -0.2) is 48.5 Å². The maximum absolute atomic E-state index is 12.3. The molecule has 3 rings (SSSR count). The first-order chi connectivity index (χ1) is 12.1. The summed E-state index contributed by atoms with van der Waals surface area (Å²) in [5.41, 5.74) is 7.81. The van der Waals surface area contributed by atoms with E-state index in [0.717, 1.165) is 25.3 Å². The molecule has 0 aliphatic carbocycles. The van der Waals surface area contributed by atoms with Crippen molar-refractivity contribution < 1.29 is 9.53 Å². The van der Waals surface area contributed by atoms with Crippen LogP contribution in [0, 0.1) is 0 Å². The summed E-state index contributed by atoms with van der Waals surface area (Å²) in [4.78, 5) is 16.5. The molecule has 0 spiro atoms. The van der Waals surface area contributed by atoms with E-state index in [1.54, 1.807) is 24.3 Å². The van der Waals surface area contributed by atoms with Crippen molar-refractivity contribution in [1.82, 2.24) is 9.80 Å². The molecule has 7 heteroatoms. The van der Waals surface area contributed by atoms with Crippen LogP contribution in [0.5, 0.6) is 5.75 Å². The van der Waals surface area contributed by atoms with Crippen LogP contribution in [0.25, 0.3) is 0 Å². The van der Waals surface area contributed by atoms with Crippen LogP contribution in [0.3, 0.4) is 0 Å². The molecule has 1 aliphatic heterocycles. The number of nitrogen functional groups attached to an aromatic ring is 1. The zero-order valence-electron chi connectivity index (χ0n) is 14.4. The first-order valence-corrected chi connectivity index (χ1v) is 8.71. The average Bonchev–Trinajstić information content (AvgIpc) is 2.62. The highest BCUT2D eigenvalue weighted by atomic mass is 35.5. The third-order valence-electron chi connectivity index (χ3n) is 4.26. The summed E-state index contributed by atoms with van der Waals surface area (Å²) in [7, 11) is 0. The summed E-state index contributed by atoms with van der Waals surface area (Å²) >= 11 is 5.83. The van der Waals surface area contributed by atoms with Gasteiger partial charge in [-0.25, -0.2) is 0 Å². The number of amides is 1. The molecule has 0 aromatic heterocycles. The second-order valence-electron chi connectivity index (χ2n) is 6.14. The fraction of sp³-hybridized carbons (Fsp3) is 0.316. The van der Waals surface area contributed by atoms with Crippen molar-refractivity contribution in [3.63, 3.8) is 0 Å². The summed E-state index contributed by atoms with van der Waals surface area (Å²) in [5.74, 6) is 0.664. The minimum absolute atomic E-state index is 0. The molecule has 0 radical (unpaired) electrons. The number of nitrogens with zero attached hydrogens (tertiary/aromatic N) is 2. The first kappa shape index (κ1) is 20.4. The maximum atomic E-state index is 12.3. The van der Waals surface area contributed by atoms with E-state index in [4.69, 9.17) is 22.1 Å². The number of halogens is 2. The lowest BCUT2D eigenvalue weighted by molar-refractivity contribution is -0.135. The van der Waals surface area contributed by atoms with Gasteiger partial charge in [0.05, 0.1) is 0 Å². The Hall–Kier alpha value is -1.95. The second kappa shape index (κ2) is 9.67. The van der Waals surface area contributed by atoms with E-state index < -0.39 is 0 Å². The number of carbonyl (C=O) groups is 1. The molecule has 2 aromatic rings. The molecule has 1 heterocycles. The number of nitrogens with two attached hydrogens (primary N) is 1. The summed E-state index contributed by atoms with van der Waals surface area (Å²) in [6.07, 6.45) is 0. The molecular formula is C19H23Cl2N3O2. The lowest BCUT2D eigenvalue weighted by Crippen LogP contribution is -2.49. The van der Waals surface area contributed by atoms with Crippen LogP contribution < -0.4 is 10.5 Å². The molecule has 2 N–H and O–H groups in total. The van der Waals surface area contributed by atoms with Gasteiger partial charge in [0.1, 0.15) is 5.75 Å². The molecule has 26 heavy (non-hydrogen) atoms. The minimum atomic E-state index is 0. The Morgan fingerprint density at radius 2 is 1.77 bits per heavy atom. The number of ether oxygens (including phenoxy) is 1. The van der Waals surface area contributed by atoms with Crippen molar-refractivity contribution in [3.8, 4) is 5.75 Å². The highest BCUT2D eigenvalue weighted by molar-refractivity contribution is 6.30. The molecule has 5 nitrogen and oxygen atoms in total. The van der Waals surface area contributed by atoms with Crippen LogP contribution >= 0.6 is 24.0 Å². The lowest BCUT2D eigenvalue weighted by Gasteiger charge is -2.34. The minimum Gasteiger partial charge on any atom is -0.484 e. The van der Waals surface area contributed by atoms with Gasteiger partial charge in [-0.15, -0.1) is 12.4 Å². The molecule has 1 aliphatic rings. The highest BCUT2D eigenvalue weighted by Crippen LogP contribution is 2.16. The summed E-state index contributed by atoms with van der Waals surface area (Å²) in [6, 6.07) is 15.0. The van der Waals surface area contributed by atoms with E-state index in [9.17, 15) is 4.79 Å². The van der Waals surface area contributed by atoms with Crippen molar-refractivity contribution in [2.45, 2.75) is 6.54 Å². The molecule has 2 aromatic carbocycles. The van der Waals surface area contributed by atoms with Gasteiger partial charge in [0.15, 0.2) is 6.61 Å². The molecular weight excluding hydrogens is 373 g/mol. The van der Waals surface area contributed by atoms with Gasteiger partial charge in [-0.05, 0) is 42.0 Å². The van der Waals surface area contributed by atoms with E-state index in [2.05, 4.69) is 11.0 Å². The lowest BCUT2D eigenvalue weighted by atomic mass is 10.2. The van der Waals surface area contributed by atoms with Crippen LogP contribution in [-0.2, 0) is 11.3 Å². The van der Waals surface area contributed by atoms with Gasteiger partial charge < -0.3 is 15.4 Å². The molecule has 0 atom stereocenters. The fourth-order valence-corrected chi connectivity index (χ4v) is 3.00. The quantitative estimate of drug-likeness (QED) is 0.790. The van der Waals surface area contributed by atoms with E-state index in [0.29, 0.717) is 23.9 Å². The Morgan fingerprint density at radius 1 is 1.08 bits per heavy atom. The number of rotatable bonds is 5. The maximum Gasteiger partial charge on any atom is 0.260 e. The van der Waals surface area contributed by atoms with Crippen molar-refractivity contribution in [1.29, 1.82) is 0 Å². The van der Waals surface area contributed by atoms with Gasteiger partial charge in [-0.3, -0.25) is 9.69 Å². The number of hydrogen-bond donors (Lipinski definition) is 1. The zero-order chi connectivity index (χ0) is 17.6. The number of benzene rings is 2. The Balaban J connectivity index is 0.00000243. The monoisotopic (exact) mass is 395 g/mol. The van der Waals surface area contributed by atoms with E-state index in [1.807, 2.05) is 23.1 Å². The van der Waals surface area contributed by atoms with Crippen LogP contribution in [0.4, 0.5) is 5.69 Å². The zero-order valence-corrected chi connectivity index (χ0v) is 16.0. The van der Waals surface area contributed by atoms with Gasteiger partial charge in [0.25, 0.3) is 5.91 Å². The van der Waals surface area contributed by atoms with Crippen molar-refractivity contribution in [2.75, 3.05) is 38.5 Å². The Kier molecular flexibility index (Phi) is 7.57. The standard InChI is InChI=1S/C19H22ClN3O2.ClH/c20-16-4-6-18(7-5-16)25-14-19(24)23-10-8-22(9-11-23)13-15-2-1-3-17(21)12-15;/h1-7,12H,8-11,13-14,21H2;1H. The van der Waals surface area contributed by atoms with Gasteiger partial charge >= 0.3 is 0 Å². The number of piperazine rings is 1. The summed E-state index contributed by atoms with van der Waals surface area (Å²) in [6.45, 7) is 4.03.